The lowest BCUT2D eigenvalue weighted by Gasteiger charge is -2.11. The van der Waals surface area contributed by atoms with E-state index in [0.717, 1.165) is 3.57 Å². The fourth-order valence-electron chi connectivity index (χ4n) is 1.32. The fourth-order valence-corrected chi connectivity index (χ4v) is 2.28. The number of benzene rings is 1. The SMILES string of the molecule is CC(=O)c1c(I)ccc(OC(F)F)c1C. The van der Waals surface area contributed by atoms with Gasteiger partial charge in [-0.25, -0.2) is 0 Å². The molecule has 0 heterocycles. The van der Waals surface area contributed by atoms with Crippen molar-refractivity contribution < 1.29 is 18.3 Å². The van der Waals surface area contributed by atoms with Crippen LogP contribution in [-0.4, -0.2) is 12.4 Å². The lowest BCUT2D eigenvalue weighted by Crippen LogP contribution is -2.07. The van der Waals surface area contributed by atoms with Crippen molar-refractivity contribution in [3.05, 3.63) is 26.8 Å². The summed E-state index contributed by atoms with van der Waals surface area (Å²) < 4.78 is 29.1. The van der Waals surface area contributed by atoms with Crippen LogP contribution in [0.25, 0.3) is 0 Å². The van der Waals surface area contributed by atoms with Crippen molar-refractivity contribution in [3.8, 4) is 5.75 Å². The molecule has 1 aromatic rings. The monoisotopic (exact) mass is 326 g/mol. The molecule has 1 rings (SSSR count). The number of ketones is 1. The summed E-state index contributed by atoms with van der Waals surface area (Å²) in [6, 6.07) is 3.03. The molecule has 0 aliphatic heterocycles. The average molecular weight is 326 g/mol. The first-order chi connectivity index (χ1) is 6.93. The Morgan fingerprint density at radius 3 is 2.53 bits per heavy atom. The Hall–Kier alpha value is -0.720. The number of halogens is 3. The van der Waals surface area contributed by atoms with Gasteiger partial charge in [0.15, 0.2) is 5.78 Å². The zero-order valence-electron chi connectivity index (χ0n) is 8.18. The van der Waals surface area contributed by atoms with Crippen molar-refractivity contribution in [3.63, 3.8) is 0 Å². The Morgan fingerprint density at radius 1 is 1.47 bits per heavy atom. The summed E-state index contributed by atoms with van der Waals surface area (Å²) in [7, 11) is 0. The molecule has 0 aliphatic carbocycles. The maximum Gasteiger partial charge on any atom is 0.387 e. The van der Waals surface area contributed by atoms with E-state index < -0.39 is 6.61 Å². The van der Waals surface area contributed by atoms with Crippen molar-refractivity contribution >= 4 is 28.4 Å². The van der Waals surface area contributed by atoms with Crippen LogP contribution in [0.1, 0.15) is 22.8 Å². The summed E-state index contributed by atoms with van der Waals surface area (Å²) in [6.45, 7) is 0.122. The third kappa shape index (κ3) is 2.87. The van der Waals surface area contributed by atoms with Crippen LogP contribution >= 0.6 is 22.6 Å². The van der Waals surface area contributed by atoms with Gasteiger partial charge in [0.25, 0.3) is 0 Å². The molecule has 0 fully saturated rings. The van der Waals surface area contributed by atoms with Gasteiger partial charge in [-0.1, -0.05) is 0 Å². The van der Waals surface area contributed by atoms with Gasteiger partial charge in [0.1, 0.15) is 5.75 Å². The van der Waals surface area contributed by atoms with Crippen LogP contribution in [0, 0.1) is 10.5 Å². The van der Waals surface area contributed by atoms with Crippen LogP contribution in [-0.2, 0) is 0 Å². The highest BCUT2D eigenvalue weighted by Gasteiger charge is 2.15. The second-order valence-corrected chi connectivity index (χ2v) is 4.14. The van der Waals surface area contributed by atoms with Crippen LogP contribution in [0.5, 0.6) is 5.75 Å². The molecule has 0 bridgehead atoms. The van der Waals surface area contributed by atoms with Crippen LogP contribution in [0.15, 0.2) is 12.1 Å². The van der Waals surface area contributed by atoms with Gasteiger partial charge in [0.05, 0.1) is 0 Å². The van der Waals surface area contributed by atoms with Gasteiger partial charge in [-0.15, -0.1) is 0 Å². The largest absolute Gasteiger partial charge is 0.435 e. The molecule has 82 valence electrons. The van der Waals surface area contributed by atoms with E-state index in [1.54, 1.807) is 13.0 Å². The molecule has 0 N–H and O–H groups in total. The maximum atomic E-state index is 12.0. The molecule has 0 saturated carbocycles. The summed E-state index contributed by atoms with van der Waals surface area (Å²) in [5, 5.41) is 0. The average Bonchev–Trinajstić information content (AvgIpc) is 2.09. The lowest BCUT2D eigenvalue weighted by molar-refractivity contribution is -0.0503. The summed E-state index contributed by atoms with van der Waals surface area (Å²) in [4.78, 5) is 11.3. The van der Waals surface area contributed by atoms with Crippen molar-refractivity contribution in [1.29, 1.82) is 0 Å². The van der Waals surface area contributed by atoms with E-state index in [-0.39, 0.29) is 11.5 Å². The zero-order chi connectivity index (χ0) is 11.6. The number of rotatable bonds is 3. The number of Topliss-reactive ketones (excluding diaryl/α,β-unsaturated/α-hetero) is 1. The minimum atomic E-state index is -2.87. The van der Waals surface area contributed by atoms with Crippen LogP contribution in [0.3, 0.4) is 0 Å². The Bertz CT molecular complexity index is 391. The quantitative estimate of drug-likeness (QED) is 0.629. The van der Waals surface area contributed by atoms with E-state index in [1.807, 2.05) is 22.6 Å². The summed E-state index contributed by atoms with van der Waals surface area (Å²) in [5.74, 6) is -0.104. The van der Waals surface area contributed by atoms with E-state index in [1.165, 1.54) is 13.0 Å². The predicted octanol–water partition coefficient (Wildman–Crippen LogP) is 3.40. The van der Waals surface area contributed by atoms with Crippen LogP contribution in [0.4, 0.5) is 8.78 Å². The highest BCUT2D eigenvalue weighted by Crippen LogP contribution is 2.27. The lowest BCUT2D eigenvalue weighted by atomic mass is 10.1. The van der Waals surface area contributed by atoms with Gasteiger partial charge in [-0.3, -0.25) is 4.79 Å². The molecule has 2 nitrogen and oxygen atoms in total. The first-order valence-corrected chi connectivity index (χ1v) is 5.26. The van der Waals surface area contributed by atoms with E-state index in [4.69, 9.17) is 0 Å². The standard InChI is InChI=1S/C10H9F2IO2/c1-5-8(15-10(11)12)4-3-7(13)9(5)6(2)14/h3-4,10H,1-2H3. The summed E-state index contributed by atoms with van der Waals surface area (Å²) >= 11 is 1.99. The molecule has 0 aromatic heterocycles. The second kappa shape index (κ2) is 4.87. The van der Waals surface area contributed by atoms with Gasteiger partial charge in [-0.2, -0.15) is 8.78 Å². The van der Waals surface area contributed by atoms with Crippen molar-refractivity contribution in [2.75, 3.05) is 0 Å². The fraction of sp³-hybridized carbons (Fsp3) is 0.300. The topological polar surface area (TPSA) is 26.3 Å². The van der Waals surface area contributed by atoms with E-state index in [0.29, 0.717) is 11.1 Å². The Morgan fingerprint density at radius 2 is 2.07 bits per heavy atom. The summed E-state index contributed by atoms with van der Waals surface area (Å²) in [5.41, 5.74) is 0.892. The maximum absolute atomic E-state index is 12.0. The molecule has 0 radical (unpaired) electrons. The molecular weight excluding hydrogens is 317 g/mol. The molecule has 0 spiro atoms. The van der Waals surface area contributed by atoms with Crippen molar-refractivity contribution in [2.45, 2.75) is 20.5 Å². The molecule has 5 heteroatoms. The first-order valence-electron chi connectivity index (χ1n) is 4.18. The van der Waals surface area contributed by atoms with E-state index >= 15 is 0 Å². The molecule has 0 aliphatic rings. The number of alkyl halides is 2. The number of hydrogen-bond acceptors (Lipinski definition) is 2. The predicted molar refractivity (Wildman–Crippen MR) is 60.5 cm³/mol. The molecule has 1 aromatic carbocycles. The van der Waals surface area contributed by atoms with E-state index in [9.17, 15) is 13.6 Å². The minimum Gasteiger partial charge on any atom is -0.435 e. The normalized spacial score (nSPS) is 10.5. The zero-order valence-corrected chi connectivity index (χ0v) is 10.3. The second-order valence-electron chi connectivity index (χ2n) is 2.98. The highest BCUT2D eigenvalue weighted by atomic mass is 127. The smallest absolute Gasteiger partial charge is 0.387 e. The van der Waals surface area contributed by atoms with Gasteiger partial charge in [-0.05, 0) is 48.6 Å². The van der Waals surface area contributed by atoms with Crippen molar-refractivity contribution in [1.82, 2.24) is 0 Å². The Kier molecular flexibility index (Phi) is 4.01. The van der Waals surface area contributed by atoms with Gasteiger partial charge >= 0.3 is 6.61 Å². The van der Waals surface area contributed by atoms with Gasteiger partial charge < -0.3 is 4.74 Å². The number of ether oxygens (including phenoxy) is 1. The third-order valence-corrected chi connectivity index (χ3v) is 2.83. The molecular formula is C10H9F2IO2. The number of carbonyl (C=O) groups is 1. The Labute approximate surface area is 99.8 Å². The molecule has 0 amide bonds. The minimum absolute atomic E-state index is 0.0515. The molecule has 0 atom stereocenters. The van der Waals surface area contributed by atoms with Crippen LogP contribution in [0.2, 0.25) is 0 Å². The highest BCUT2D eigenvalue weighted by molar-refractivity contribution is 14.1. The first kappa shape index (κ1) is 12.4. The molecule has 0 saturated heterocycles. The van der Waals surface area contributed by atoms with Crippen molar-refractivity contribution in [2.24, 2.45) is 0 Å². The third-order valence-electron chi connectivity index (χ3n) is 1.93. The van der Waals surface area contributed by atoms with E-state index in [2.05, 4.69) is 4.74 Å². The van der Waals surface area contributed by atoms with Gasteiger partial charge in [0.2, 0.25) is 0 Å². The van der Waals surface area contributed by atoms with Crippen LogP contribution < -0.4 is 4.74 Å². The number of carbonyl (C=O) groups excluding carboxylic acids is 1. The van der Waals surface area contributed by atoms with Gasteiger partial charge in [0, 0.05) is 14.7 Å². The Balaban J connectivity index is 3.22. The number of hydrogen-bond donors (Lipinski definition) is 0. The summed E-state index contributed by atoms with van der Waals surface area (Å²) in [6.07, 6.45) is 0. The molecule has 0 unspecified atom stereocenters. The molecule has 15 heavy (non-hydrogen) atoms.